The molecule has 2 aromatic carbocycles. The van der Waals surface area contributed by atoms with E-state index in [4.69, 9.17) is 10.6 Å². The van der Waals surface area contributed by atoms with Crippen molar-refractivity contribution in [2.45, 2.75) is 143 Å². The summed E-state index contributed by atoms with van der Waals surface area (Å²) in [5, 5.41) is 19.4. The maximum atomic E-state index is 13.9. The zero-order chi connectivity index (χ0) is 56.9. The molecule has 10 amide bonds. The summed E-state index contributed by atoms with van der Waals surface area (Å²) in [6.07, 6.45) is 2.86. The predicted molar refractivity (Wildman–Crippen MR) is 290 cm³/mol. The van der Waals surface area contributed by atoms with E-state index in [0.717, 1.165) is 5.56 Å². The zero-order valence-electron chi connectivity index (χ0n) is 46.6. The highest BCUT2D eigenvalue weighted by molar-refractivity contribution is 5.99. The molecule has 0 saturated carbocycles. The van der Waals surface area contributed by atoms with E-state index in [2.05, 4.69) is 42.7 Å². The number of amides is 10. The number of primary amides is 1. The fourth-order valence-corrected chi connectivity index (χ4v) is 8.98. The number of likely N-dealkylation sites (tertiary alicyclic amines) is 1. The van der Waals surface area contributed by atoms with Crippen LogP contribution < -0.4 is 48.4 Å². The highest BCUT2D eigenvalue weighted by Crippen LogP contribution is 2.30. The van der Waals surface area contributed by atoms with Crippen LogP contribution in [0.25, 0.3) is 0 Å². The quantitative estimate of drug-likeness (QED) is 0.0339. The lowest BCUT2D eigenvalue weighted by Crippen LogP contribution is -2.60. The van der Waals surface area contributed by atoms with Gasteiger partial charge in [-0.1, -0.05) is 104 Å². The minimum Gasteiger partial charge on any atom is -0.359 e. The predicted octanol–water partition coefficient (Wildman–Crippen LogP) is 3.15. The molecule has 1 aliphatic heterocycles. The van der Waals surface area contributed by atoms with E-state index in [0.29, 0.717) is 37.2 Å². The van der Waals surface area contributed by atoms with Crippen molar-refractivity contribution < 1.29 is 48.0 Å². The number of nitrogens with zero attached hydrogens (tertiary/aromatic N) is 2. The third kappa shape index (κ3) is 20.0. The average molecular weight is 1060 g/mol. The van der Waals surface area contributed by atoms with Crippen LogP contribution in [0.5, 0.6) is 0 Å². The van der Waals surface area contributed by atoms with E-state index in [1.54, 1.807) is 63.1 Å². The van der Waals surface area contributed by atoms with Crippen LogP contribution in [0.1, 0.15) is 112 Å². The Kier molecular flexibility index (Phi) is 25.6. The van der Waals surface area contributed by atoms with Crippen LogP contribution in [-0.2, 0) is 55.2 Å². The van der Waals surface area contributed by atoms with Gasteiger partial charge in [0, 0.05) is 62.1 Å². The van der Waals surface area contributed by atoms with E-state index < -0.39 is 71.2 Å². The van der Waals surface area contributed by atoms with Crippen molar-refractivity contribution >= 4 is 59.0 Å². The first-order valence-corrected chi connectivity index (χ1v) is 26.2. The Morgan fingerprint density at radius 1 is 0.763 bits per heavy atom. The molecular formula is C55H85N11O10. The molecule has 1 fully saturated rings. The largest absolute Gasteiger partial charge is 0.359 e. The van der Waals surface area contributed by atoms with Gasteiger partial charge in [0.1, 0.15) is 18.1 Å². The summed E-state index contributed by atoms with van der Waals surface area (Å²) >= 11 is 0. The van der Waals surface area contributed by atoms with Crippen LogP contribution in [0, 0.1) is 23.7 Å². The highest BCUT2D eigenvalue weighted by Gasteiger charge is 2.40. The Balaban J connectivity index is 1.59. The number of nitrogens with two attached hydrogens (primary N) is 1. The number of carbonyl (C=O) groups is 9. The van der Waals surface area contributed by atoms with Gasteiger partial charge in [-0.15, -0.1) is 0 Å². The number of benzene rings is 2. The number of hydrogen-bond donors (Lipinski definition) is 9. The van der Waals surface area contributed by atoms with Crippen LogP contribution in [-0.4, -0.2) is 134 Å². The van der Waals surface area contributed by atoms with E-state index in [1.807, 2.05) is 90.9 Å². The summed E-state index contributed by atoms with van der Waals surface area (Å²) in [6, 6.07) is 11.5. The van der Waals surface area contributed by atoms with Crippen LogP contribution >= 0.6 is 0 Å². The molecule has 1 aliphatic rings. The number of rotatable bonds is 28. The number of nitrogens with one attached hydrogen (secondary N) is 8. The van der Waals surface area contributed by atoms with Crippen LogP contribution in [0.3, 0.4) is 0 Å². The third-order valence-corrected chi connectivity index (χ3v) is 13.6. The number of piperidine rings is 1. The topological polar surface area (TPSA) is 292 Å². The third-order valence-electron chi connectivity index (χ3n) is 13.6. The van der Waals surface area contributed by atoms with Crippen molar-refractivity contribution in [1.29, 1.82) is 0 Å². The molecule has 2 aromatic rings. The first-order chi connectivity index (χ1) is 35.8. The molecule has 1 saturated heterocycles. The Morgan fingerprint density at radius 2 is 1.36 bits per heavy atom. The van der Waals surface area contributed by atoms with E-state index in [9.17, 15) is 43.2 Å². The maximum absolute atomic E-state index is 13.9. The van der Waals surface area contributed by atoms with Gasteiger partial charge in [0.15, 0.2) is 0 Å². The fraction of sp³-hybridized carbons (Fsp3) is 0.582. The molecule has 3 rings (SSSR count). The molecule has 21 heteroatoms. The molecule has 21 nitrogen and oxygen atoms in total. The van der Waals surface area contributed by atoms with Crippen molar-refractivity contribution in [3.05, 3.63) is 77.4 Å². The Bertz CT molecular complexity index is 2310. The second-order valence-corrected chi connectivity index (χ2v) is 21.3. The first kappa shape index (κ1) is 63.4. The van der Waals surface area contributed by atoms with Crippen molar-refractivity contribution in [3.8, 4) is 0 Å². The number of carbonyl (C=O) groups excluding carboxylic acids is 9. The summed E-state index contributed by atoms with van der Waals surface area (Å²) in [5.74, 6) is -4.09. The lowest BCUT2D eigenvalue weighted by atomic mass is 9.76. The Hall–Kier alpha value is -6.87. The van der Waals surface area contributed by atoms with Gasteiger partial charge in [0.05, 0.1) is 18.7 Å². The minimum absolute atomic E-state index is 0.0395. The van der Waals surface area contributed by atoms with Crippen molar-refractivity contribution in [1.82, 2.24) is 47.2 Å². The maximum Gasteiger partial charge on any atom is 0.312 e. The van der Waals surface area contributed by atoms with Crippen molar-refractivity contribution in [3.63, 3.8) is 0 Å². The minimum atomic E-state index is -1.09. The number of hydrogen-bond acceptors (Lipinski definition) is 11. The SMILES string of the molecule is CNC(=O)C1CCN(C(=O)CCC(=O)N[C@H](C(=O)N[C@@H](CCCNC(N)=O)C(=O)Nc2ccc(CONC(=O)/C(C)=C/[C@@H](NC(=O)[C@@H](NC(=O)[C@@H](N(C)C)C(C)(C)c3ccccc3)C(C)C)C(C)C)cc2)C(C)C)CC1. The normalized spacial score (nSPS) is 15.2. The number of hydroxylamine groups is 1. The molecule has 5 atom stereocenters. The second-order valence-electron chi connectivity index (χ2n) is 21.3. The first-order valence-electron chi connectivity index (χ1n) is 26.2. The van der Waals surface area contributed by atoms with Gasteiger partial charge in [0.25, 0.3) is 5.91 Å². The van der Waals surface area contributed by atoms with Gasteiger partial charge in [-0.2, -0.15) is 0 Å². The van der Waals surface area contributed by atoms with Crippen LogP contribution in [0.2, 0.25) is 0 Å². The molecule has 0 radical (unpaired) electrons. The highest BCUT2D eigenvalue weighted by atomic mass is 16.6. The van der Waals surface area contributed by atoms with Gasteiger partial charge in [-0.3, -0.25) is 48.1 Å². The lowest BCUT2D eigenvalue weighted by Gasteiger charge is -2.39. The summed E-state index contributed by atoms with van der Waals surface area (Å²) in [4.78, 5) is 127. The van der Waals surface area contributed by atoms with Gasteiger partial charge >= 0.3 is 6.03 Å². The molecule has 0 aromatic heterocycles. The zero-order valence-corrected chi connectivity index (χ0v) is 46.6. The number of urea groups is 1. The summed E-state index contributed by atoms with van der Waals surface area (Å²) < 4.78 is 0. The molecule has 0 spiro atoms. The summed E-state index contributed by atoms with van der Waals surface area (Å²) in [6.45, 7) is 17.5. The van der Waals surface area contributed by atoms with Crippen molar-refractivity contribution in [2.75, 3.05) is 46.1 Å². The average Bonchev–Trinajstić information content (AvgIpc) is 3.36. The monoisotopic (exact) mass is 1060 g/mol. The standard InChI is InChI=1S/C55H85N11O10/c1-33(2)42(61-52(73)46(35(5)6)63-53(74)47(65(11)12)55(8,9)39-17-14-13-15-18-39)31-36(7)48(69)64-76-32-37-20-22-40(23-21-37)59-50(71)41(19-16-28-58-54(56)75)60-51(72)45(34(3)4)62-43(67)24-25-44(68)66-29-26-38(27-30-66)49(70)57-10/h13-15,17-18,20-23,31,33-35,38,41-42,45-47H,16,19,24-30,32H2,1-12H3,(H,57,70)(H,59,71)(H,60,72)(H,61,73)(H,62,67)(H,63,74)(H,64,69)(H3,56,58,75)/b36-31+/t41-,42+,45-,46-,47+/m0/s1. The molecule has 0 aliphatic carbocycles. The molecular weight excluding hydrogens is 975 g/mol. The molecule has 1 heterocycles. The molecule has 0 bridgehead atoms. The van der Waals surface area contributed by atoms with E-state index in [-0.39, 0.29) is 85.8 Å². The second kappa shape index (κ2) is 30.6. The Labute approximate surface area is 448 Å². The molecule has 10 N–H and O–H groups in total. The van der Waals surface area contributed by atoms with Crippen LogP contribution in [0.4, 0.5) is 10.5 Å². The van der Waals surface area contributed by atoms with Gasteiger partial charge < -0.3 is 47.9 Å². The van der Waals surface area contributed by atoms with E-state index in [1.165, 1.54) is 0 Å². The molecule has 76 heavy (non-hydrogen) atoms. The van der Waals surface area contributed by atoms with Gasteiger partial charge in [0.2, 0.25) is 41.4 Å². The number of likely N-dealkylation sites (N-methyl/N-ethyl adjacent to an activating group) is 1. The van der Waals surface area contributed by atoms with Crippen LogP contribution in [0.15, 0.2) is 66.2 Å². The number of anilines is 1. The van der Waals surface area contributed by atoms with Crippen molar-refractivity contribution in [2.24, 2.45) is 29.4 Å². The van der Waals surface area contributed by atoms with E-state index >= 15 is 0 Å². The smallest absolute Gasteiger partial charge is 0.312 e. The lowest BCUT2D eigenvalue weighted by molar-refractivity contribution is -0.137. The molecule has 0 unspecified atom stereocenters. The Morgan fingerprint density at radius 3 is 1.91 bits per heavy atom. The van der Waals surface area contributed by atoms with Gasteiger partial charge in [-0.25, -0.2) is 10.3 Å². The summed E-state index contributed by atoms with van der Waals surface area (Å²) in [7, 11) is 5.25. The van der Waals surface area contributed by atoms with Gasteiger partial charge in [-0.05, 0) is 87.7 Å². The molecule has 420 valence electrons. The summed E-state index contributed by atoms with van der Waals surface area (Å²) in [5.41, 5.74) is 9.37. The fourth-order valence-electron chi connectivity index (χ4n) is 8.98.